The molecule has 8 nitrogen and oxygen atoms in total. The van der Waals surface area contributed by atoms with Gasteiger partial charge in [0.05, 0.1) is 10.6 Å². The van der Waals surface area contributed by atoms with Crippen LogP contribution in [0.25, 0.3) is 0 Å². The Labute approximate surface area is 121 Å². The van der Waals surface area contributed by atoms with Crippen LogP contribution < -0.4 is 5.73 Å². The van der Waals surface area contributed by atoms with Crippen LogP contribution in [0.1, 0.15) is 24.6 Å². The van der Waals surface area contributed by atoms with Crippen molar-refractivity contribution in [1.82, 2.24) is 0 Å². The van der Waals surface area contributed by atoms with Crippen LogP contribution in [-0.2, 0) is 9.36 Å². The Kier molecular flexibility index (Phi) is 5.60. The predicted molar refractivity (Wildman–Crippen MR) is 76.4 cm³/mol. The third-order valence-electron chi connectivity index (χ3n) is 3.25. The Morgan fingerprint density at radius 3 is 2.67 bits per heavy atom. The van der Waals surface area contributed by atoms with Gasteiger partial charge in [-0.2, -0.15) is 0 Å². The van der Waals surface area contributed by atoms with Gasteiger partial charge in [0, 0.05) is 18.3 Å². The normalized spacial score (nSPS) is 16.7. The van der Waals surface area contributed by atoms with Gasteiger partial charge in [0.1, 0.15) is 6.04 Å². The Bertz CT molecular complexity index is 591. The highest BCUT2D eigenvalue weighted by Crippen LogP contribution is 2.55. The van der Waals surface area contributed by atoms with Crippen LogP contribution in [0, 0.1) is 10.1 Å². The summed E-state index contributed by atoms with van der Waals surface area (Å²) in [6.45, 7) is 1.48. The number of carboxylic acids is 1. The van der Waals surface area contributed by atoms with Crippen molar-refractivity contribution in [2.24, 2.45) is 5.73 Å². The van der Waals surface area contributed by atoms with E-state index in [0.717, 1.165) is 0 Å². The minimum absolute atomic E-state index is 0.137. The fourth-order valence-electron chi connectivity index (χ4n) is 1.77. The Morgan fingerprint density at radius 2 is 2.14 bits per heavy atom. The van der Waals surface area contributed by atoms with Gasteiger partial charge in [-0.1, -0.05) is 12.1 Å². The quantitative estimate of drug-likeness (QED) is 0.394. The number of rotatable bonds is 7. The second-order valence-electron chi connectivity index (χ2n) is 4.74. The zero-order valence-electron chi connectivity index (χ0n) is 11.4. The fourth-order valence-corrected chi connectivity index (χ4v) is 3.43. The maximum absolute atomic E-state index is 12.3. The molecule has 0 aromatic heterocycles. The average molecular weight is 316 g/mol. The highest BCUT2D eigenvalue weighted by molar-refractivity contribution is 7.58. The lowest BCUT2D eigenvalue weighted by molar-refractivity contribution is -0.384. The number of non-ortho nitro benzene ring substituents is 1. The lowest BCUT2D eigenvalue weighted by atomic mass is 10.1. The number of hydrogen-bond donors (Lipinski definition) is 3. The first-order valence-electron chi connectivity index (χ1n) is 6.19. The van der Waals surface area contributed by atoms with Gasteiger partial charge in [-0.3, -0.25) is 19.5 Å². The Hall–Kier alpha value is -1.76. The van der Waals surface area contributed by atoms with Gasteiger partial charge in [-0.15, -0.1) is 0 Å². The highest BCUT2D eigenvalue weighted by Gasteiger charge is 2.30. The van der Waals surface area contributed by atoms with Crippen molar-refractivity contribution < 1.29 is 24.3 Å². The molecule has 0 saturated heterocycles. The third kappa shape index (κ3) is 4.63. The molecular formula is C12H17N2O6P. The molecule has 116 valence electrons. The number of nitro groups is 1. The molecule has 3 atom stereocenters. The number of nitrogens with two attached hydrogens (primary N) is 1. The molecule has 0 bridgehead atoms. The lowest BCUT2D eigenvalue weighted by Crippen LogP contribution is -2.31. The lowest BCUT2D eigenvalue weighted by Gasteiger charge is -2.20. The van der Waals surface area contributed by atoms with Gasteiger partial charge < -0.3 is 15.7 Å². The van der Waals surface area contributed by atoms with Gasteiger partial charge in [-0.05, 0) is 18.9 Å². The molecule has 0 heterocycles. The summed E-state index contributed by atoms with van der Waals surface area (Å²) in [7, 11) is -3.72. The molecule has 0 aliphatic heterocycles. The number of nitrogens with zero attached hydrogens (tertiary/aromatic N) is 1. The molecular weight excluding hydrogens is 299 g/mol. The molecule has 0 radical (unpaired) electrons. The summed E-state index contributed by atoms with van der Waals surface area (Å²) in [5.41, 5.74) is 4.67. The van der Waals surface area contributed by atoms with Gasteiger partial charge in [-0.25, -0.2) is 0 Å². The van der Waals surface area contributed by atoms with Gasteiger partial charge in [0.25, 0.3) is 5.69 Å². The van der Waals surface area contributed by atoms with E-state index in [4.69, 9.17) is 10.8 Å². The van der Waals surface area contributed by atoms with E-state index >= 15 is 0 Å². The molecule has 9 heteroatoms. The van der Waals surface area contributed by atoms with Crippen LogP contribution >= 0.6 is 7.37 Å². The van der Waals surface area contributed by atoms with Crippen molar-refractivity contribution >= 4 is 19.0 Å². The molecule has 1 rings (SSSR count). The van der Waals surface area contributed by atoms with Crippen molar-refractivity contribution in [3.05, 3.63) is 39.9 Å². The van der Waals surface area contributed by atoms with E-state index in [9.17, 15) is 24.4 Å². The SMILES string of the molecule is CC(c1cccc([N+](=O)[O-])c1)P(=O)(O)CC[C@H](N)C(=O)O. The Morgan fingerprint density at radius 1 is 1.52 bits per heavy atom. The summed E-state index contributed by atoms with van der Waals surface area (Å²) in [4.78, 5) is 30.8. The van der Waals surface area contributed by atoms with E-state index in [0.29, 0.717) is 5.56 Å². The Balaban J connectivity index is 2.87. The van der Waals surface area contributed by atoms with E-state index in [1.54, 1.807) is 0 Å². The van der Waals surface area contributed by atoms with Crippen molar-refractivity contribution in [2.45, 2.75) is 25.0 Å². The third-order valence-corrected chi connectivity index (χ3v) is 5.65. The van der Waals surface area contributed by atoms with Crippen molar-refractivity contribution in [3.8, 4) is 0 Å². The minimum atomic E-state index is -3.72. The summed E-state index contributed by atoms with van der Waals surface area (Å²) in [6.07, 6.45) is -0.396. The van der Waals surface area contributed by atoms with Gasteiger partial charge in [0.2, 0.25) is 7.37 Å². The number of benzene rings is 1. The standard InChI is InChI=1S/C12H17N2O6P/c1-8(9-3-2-4-10(7-9)14(17)18)21(19,20)6-5-11(13)12(15)16/h2-4,7-8,11H,5-6,13H2,1H3,(H,15,16)(H,19,20)/t8?,11-/m0/s1. The summed E-state index contributed by atoms with van der Waals surface area (Å²) in [5.74, 6) is -1.24. The molecule has 1 aromatic carbocycles. The molecule has 0 amide bonds. The van der Waals surface area contributed by atoms with E-state index < -0.39 is 30.0 Å². The number of hydrogen-bond acceptors (Lipinski definition) is 5. The summed E-state index contributed by atoms with van der Waals surface area (Å²) in [6, 6.07) is 4.29. The molecule has 0 aliphatic carbocycles. The topological polar surface area (TPSA) is 144 Å². The molecule has 1 aromatic rings. The first-order valence-corrected chi connectivity index (χ1v) is 8.11. The maximum Gasteiger partial charge on any atom is 0.320 e. The van der Waals surface area contributed by atoms with E-state index in [2.05, 4.69) is 0 Å². The van der Waals surface area contributed by atoms with Crippen molar-refractivity contribution in [2.75, 3.05) is 6.16 Å². The predicted octanol–water partition coefficient (Wildman–Crippen LogP) is 1.73. The molecule has 0 spiro atoms. The number of carbonyl (C=O) groups is 1. The number of carboxylic acid groups (broad SMARTS) is 1. The van der Waals surface area contributed by atoms with Crippen LogP contribution in [0.15, 0.2) is 24.3 Å². The van der Waals surface area contributed by atoms with Crippen molar-refractivity contribution in [3.63, 3.8) is 0 Å². The zero-order valence-corrected chi connectivity index (χ0v) is 12.3. The van der Waals surface area contributed by atoms with Crippen molar-refractivity contribution in [1.29, 1.82) is 0 Å². The molecule has 0 saturated carbocycles. The molecule has 4 N–H and O–H groups in total. The van der Waals surface area contributed by atoms with E-state index in [1.807, 2.05) is 0 Å². The largest absolute Gasteiger partial charge is 0.480 e. The molecule has 21 heavy (non-hydrogen) atoms. The first-order chi connectivity index (χ1) is 9.65. The van der Waals surface area contributed by atoms with Crippen LogP contribution in [0.4, 0.5) is 5.69 Å². The molecule has 0 aliphatic rings. The number of nitro benzene ring substituents is 1. The first kappa shape index (κ1) is 17.3. The van der Waals surface area contributed by atoms with Gasteiger partial charge in [0.15, 0.2) is 0 Å². The molecule has 0 fully saturated rings. The van der Waals surface area contributed by atoms with Crippen LogP contribution in [0.5, 0.6) is 0 Å². The monoisotopic (exact) mass is 316 g/mol. The maximum atomic E-state index is 12.3. The van der Waals surface area contributed by atoms with Crippen LogP contribution in [0.3, 0.4) is 0 Å². The van der Waals surface area contributed by atoms with E-state index in [1.165, 1.54) is 31.2 Å². The minimum Gasteiger partial charge on any atom is -0.480 e. The molecule has 2 unspecified atom stereocenters. The summed E-state index contributed by atoms with van der Waals surface area (Å²) >= 11 is 0. The second-order valence-corrected chi connectivity index (χ2v) is 7.47. The summed E-state index contributed by atoms with van der Waals surface area (Å²) < 4.78 is 12.3. The fraction of sp³-hybridized carbons (Fsp3) is 0.417. The summed E-state index contributed by atoms with van der Waals surface area (Å²) in [5, 5.41) is 19.4. The smallest absolute Gasteiger partial charge is 0.320 e. The highest BCUT2D eigenvalue weighted by atomic mass is 31.2. The van der Waals surface area contributed by atoms with Gasteiger partial charge >= 0.3 is 5.97 Å². The zero-order chi connectivity index (χ0) is 16.2. The number of aliphatic carboxylic acids is 1. The average Bonchev–Trinajstić information content (AvgIpc) is 2.43. The van der Waals surface area contributed by atoms with Crippen LogP contribution in [-0.4, -0.2) is 33.1 Å². The van der Waals surface area contributed by atoms with Crippen LogP contribution in [0.2, 0.25) is 0 Å². The van der Waals surface area contributed by atoms with E-state index in [-0.39, 0.29) is 18.3 Å². The second kappa shape index (κ2) is 6.80.